The van der Waals surface area contributed by atoms with Crippen LogP contribution in [0.2, 0.25) is 0 Å². The van der Waals surface area contributed by atoms with E-state index in [2.05, 4.69) is 12.1 Å². The highest BCUT2D eigenvalue weighted by Gasteiger charge is 2.20. The lowest BCUT2D eigenvalue weighted by Crippen LogP contribution is -2.01. The molecule has 1 aliphatic carbocycles. The first-order valence-electron chi connectivity index (χ1n) is 6.00. The van der Waals surface area contributed by atoms with Gasteiger partial charge < -0.3 is 4.74 Å². The average molecular weight is 258 g/mol. The van der Waals surface area contributed by atoms with Crippen LogP contribution in [0, 0.1) is 0 Å². The molecule has 0 unspecified atom stereocenters. The minimum Gasteiger partial charge on any atom is -0.497 e. The smallest absolute Gasteiger partial charge is 0.169 e. The number of Topliss-reactive ketones (excluding diaryl/α,β-unsaturated/α-hetero) is 1. The zero-order chi connectivity index (χ0) is 12.7. The third kappa shape index (κ3) is 1.75. The first kappa shape index (κ1) is 11.5. The van der Waals surface area contributed by atoms with Gasteiger partial charge in [0.05, 0.1) is 12.0 Å². The minimum atomic E-state index is 0.152. The van der Waals surface area contributed by atoms with Crippen molar-refractivity contribution in [2.24, 2.45) is 0 Å². The van der Waals surface area contributed by atoms with Crippen molar-refractivity contribution in [2.45, 2.75) is 19.8 Å². The van der Waals surface area contributed by atoms with Gasteiger partial charge in [0, 0.05) is 4.88 Å². The Morgan fingerprint density at radius 1 is 1.22 bits per heavy atom. The maximum absolute atomic E-state index is 11.5. The van der Waals surface area contributed by atoms with E-state index in [-0.39, 0.29) is 5.78 Å². The summed E-state index contributed by atoms with van der Waals surface area (Å²) < 4.78 is 5.29. The van der Waals surface area contributed by atoms with Crippen LogP contribution in [0.3, 0.4) is 0 Å². The zero-order valence-electron chi connectivity index (χ0n) is 10.4. The van der Waals surface area contributed by atoms with Crippen LogP contribution in [-0.4, -0.2) is 12.9 Å². The second-order valence-corrected chi connectivity index (χ2v) is 5.60. The third-order valence-electron chi connectivity index (χ3n) is 3.38. The number of fused-ring (bicyclic) bond motifs is 3. The van der Waals surface area contributed by atoms with Gasteiger partial charge in [0.2, 0.25) is 0 Å². The van der Waals surface area contributed by atoms with Crippen molar-refractivity contribution in [3.63, 3.8) is 0 Å². The molecular formula is C15H14O2S. The molecule has 1 aliphatic rings. The molecule has 1 aromatic carbocycles. The summed E-state index contributed by atoms with van der Waals surface area (Å²) in [6.07, 6.45) is 2.07. The number of methoxy groups -OCH3 is 1. The monoisotopic (exact) mass is 258 g/mol. The van der Waals surface area contributed by atoms with E-state index in [4.69, 9.17) is 4.74 Å². The Labute approximate surface area is 110 Å². The van der Waals surface area contributed by atoms with E-state index in [1.165, 1.54) is 21.6 Å². The summed E-state index contributed by atoms with van der Waals surface area (Å²) in [5.41, 5.74) is 3.87. The highest BCUT2D eigenvalue weighted by atomic mass is 32.1. The van der Waals surface area contributed by atoms with Crippen LogP contribution in [0.25, 0.3) is 10.4 Å². The van der Waals surface area contributed by atoms with Crippen molar-refractivity contribution < 1.29 is 9.53 Å². The van der Waals surface area contributed by atoms with Crippen LogP contribution >= 0.6 is 11.3 Å². The molecule has 0 N–H and O–H groups in total. The average Bonchev–Trinajstić information content (AvgIpc) is 2.82. The Morgan fingerprint density at radius 2 is 2.00 bits per heavy atom. The Kier molecular flexibility index (Phi) is 2.71. The van der Waals surface area contributed by atoms with E-state index < -0.39 is 0 Å². The summed E-state index contributed by atoms with van der Waals surface area (Å²) in [5.74, 6) is 1.03. The van der Waals surface area contributed by atoms with Crippen molar-refractivity contribution in [3.8, 4) is 16.2 Å². The Bertz CT molecular complexity index is 625. The van der Waals surface area contributed by atoms with Crippen molar-refractivity contribution >= 4 is 17.1 Å². The first-order valence-corrected chi connectivity index (χ1v) is 6.81. The van der Waals surface area contributed by atoms with Crippen LogP contribution in [0.4, 0.5) is 0 Å². The van der Waals surface area contributed by atoms with Crippen LogP contribution in [0.5, 0.6) is 5.75 Å². The molecule has 3 heteroatoms. The van der Waals surface area contributed by atoms with Gasteiger partial charge in [-0.2, -0.15) is 0 Å². The number of benzene rings is 1. The number of aryl methyl sites for hydroxylation is 2. The number of ether oxygens (including phenoxy) is 1. The summed E-state index contributed by atoms with van der Waals surface area (Å²) in [6.45, 7) is 1.63. The molecule has 0 fully saturated rings. The SMILES string of the molecule is COc1ccc2c(c1)-c1sc(C(C)=O)cc1CC2. The highest BCUT2D eigenvalue weighted by molar-refractivity contribution is 7.17. The van der Waals surface area contributed by atoms with Crippen LogP contribution < -0.4 is 4.74 Å². The van der Waals surface area contributed by atoms with E-state index in [0.717, 1.165) is 23.5 Å². The Hall–Kier alpha value is -1.61. The van der Waals surface area contributed by atoms with Crippen molar-refractivity contribution in [2.75, 3.05) is 7.11 Å². The zero-order valence-corrected chi connectivity index (χ0v) is 11.3. The molecule has 0 spiro atoms. The highest BCUT2D eigenvalue weighted by Crippen LogP contribution is 2.41. The summed E-state index contributed by atoms with van der Waals surface area (Å²) in [7, 11) is 1.68. The van der Waals surface area contributed by atoms with Gasteiger partial charge in [-0.15, -0.1) is 11.3 Å². The fourth-order valence-electron chi connectivity index (χ4n) is 2.40. The quantitative estimate of drug-likeness (QED) is 0.767. The fourth-order valence-corrected chi connectivity index (χ4v) is 3.55. The molecule has 0 saturated carbocycles. The van der Waals surface area contributed by atoms with Crippen LogP contribution in [0.1, 0.15) is 27.7 Å². The lowest BCUT2D eigenvalue weighted by atomic mass is 9.91. The second kappa shape index (κ2) is 4.25. The molecule has 1 heterocycles. The van der Waals surface area contributed by atoms with E-state index in [9.17, 15) is 4.79 Å². The summed E-state index contributed by atoms with van der Waals surface area (Å²) in [5, 5.41) is 0. The number of hydrogen-bond acceptors (Lipinski definition) is 3. The van der Waals surface area contributed by atoms with Gasteiger partial charge in [-0.1, -0.05) is 6.07 Å². The number of rotatable bonds is 2. The standard InChI is InChI=1S/C15H14O2S/c1-9(16)14-7-11-4-3-10-5-6-12(17-2)8-13(10)15(11)18-14/h5-8H,3-4H2,1-2H3. The lowest BCUT2D eigenvalue weighted by molar-refractivity contribution is 0.102. The molecule has 18 heavy (non-hydrogen) atoms. The molecule has 1 aromatic heterocycles. The molecule has 3 rings (SSSR count). The predicted octanol–water partition coefficient (Wildman–Crippen LogP) is 3.72. The van der Waals surface area contributed by atoms with Gasteiger partial charge >= 0.3 is 0 Å². The van der Waals surface area contributed by atoms with Crippen molar-refractivity contribution in [3.05, 3.63) is 40.3 Å². The number of carbonyl (C=O) groups is 1. The van der Waals surface area contributed by atoms with E-state index >= 15 is 0 Å². The molecule has 0 atom stereocenters. The third-order valence-corrected chi connectivity index (χ3v) is 4.69. The van der Waals surface area contributed by atoms with Gasteiger partial charge in [-0.25, -0.2) is 0 Å². The topological polar surface area (TPSA) is 26.3 Å². The molecular weight excluding hydrogens is 244 g/mol. The molecule has 2 nitrogen and oxygen atoms in total. The number of thiophene rings is 1. The molecule has 0 amide bonds. The second-order valence-electron chi connectivity index (χ2n) is 4.54. The lowest BCUT2D eigenvalue weighted by Gasteiger charge is -2.16. The molecule has 92 valence electrons. The minimum absolute atomic E-state index is 0.152. The van der Waals surface area contributed by atoms with Crippen LogP contribution in [0.15, 0.2) is 24.3 Å². The molecule has 0 radical (unpaired) electrons. The van der Waals surface area contributed by atoms with Crippen molar-refractivity contribution in [1.82, 2.24) is 0 Å². The van der Waals surface area contributed by atoms with Gasteiger partial charge in [-0.05, 0) is 54.7 Å². The predicted molar refractivity (Wildman–Crippen MR) is 73.7 cm³/mol. The Balaban J connectivity index is 2.17. The number of ketones is 1. The summed E-state index contributed by atoms with van der Waals surface area (Å²) >= 11 is 1.60. The normalized spacial score (nSPS) is 12.8. The molecule has 0 aliphatic heterocycles. The van der Waals surface area contributed by atoms with Gasteiger partial charge in [0.15, 0.2) is 5.78 Å². The Morgan fingerprint density at radius 3 is 2.72 bits per heavy atom. The van der Waals surface area contributed by atoms with Gasteiger partial charge in [-0.3, -0.25) is 4.79 Å². The maximum atomic E-state index is 11.5. The van der Waals surface area contributed by atoms with E-state index in [0.29, 0.717) is 0 Å². The van der Waals surface area contributed by atoms with Crippen molar-refractivity contribution in [1.29, 1.82) is 0 Å². The largest absolute Gasteiger partial charge is 0.497 e. The van der Waals surface area contributed by atoms with Gasteiger partial charge in [0.25, 0.3) is 0 Å². The summed E-state index contributed by atoms with van der Waals surface area (Å²) in [6, 6.07) is 8.26. The molecule has 0 saturated heterocycles. The van der Waals surface area contributed by atoms with Crippen LogP contribution in [-0.2, 0) is 12.8 Å². The molecule has 0 bridgehead atoms. The number of hydrogen-bond donors (Lipinski definition) is 0. The van der Waals surface area contributed by atoms with E-state index in [1.54, 1.807) is 25.4 Å². The number of carbonyl (C=O) groups excluding carboxylic acids is 1. The maximum Gasteiger partial charge on any atom is 0.169 e. The summed E-state index contributed by atoms with van der Waals surface area (Å²) in [4.78, 5) is 13.6. The first-order chi connectivity index (χ1) is 8.69. The van der Waals surface area contributed by atoms with E-state index in [1.807, 2.05) is 12.1 Å². The molecule has 2 aromatic rings. The fraction of sp³-hybridized carbons (Fsp3) is 0.267. The van der Waals surface area contributed by atoms with Gasteiger partial charge in [0.1, 0.15) is 5.75 Å².